The molecule has 0 radical (unpaired) electrons. The highest BCUT2D eigenvalue weighted by Crippen LogP contribution is 2.32. The molecule has 0 atom stereocenters. The molecule has 0 unspecified atom stereocenters. The van der Waals surface area contributed by atoms with Gasteiger partial charge in [-0.25, -0.2) is 15.0 Å². The number of hydrogen-bond acceptors (Lipinski definition) is 8. The first-order chi connectivity index (χ1) is 16.1. The lowest BCUT2D eigenvalue weighted by Gasteiger charge is -2.09. The Morgan fingerprint density at radius 1 is 1.03 bits per heavy atom. The number of carbonyl (C=O) groups is 1. The van der Waals surface area contributed by atoms with E-state index in [-0.39, 0.29) is 23.2 Å². The summed E-state index contributed by atoms with van der Waals surface area (Å²) in [4.78, 5) is 36.1. The first-order valence-corrected chi connectivity index (χ1v) is 10.8. The van der Waals surface area contributed by atoms with Gasteiger partial charge in [0, 0.05) is 17.5 Å². The number of non-ortho nitro benzene ring substituents is 1. The van der Waals surface area contributed by atoms with Crippen LogP contribution in [0.4, 0.5) is 11.4 Å². The predicted molar refractivity (Wildman–Crippen MR) is 125 cm³/mol. The number of amides is 1. The first-order valence-electron chi connectivity index (χ1n) is 9.85. The average Bonchev–Trinajstić information content (AvgIpc) is 3.26. The molecule has 3 aromatic carbocycles. The van der Waals surface area contributed by atoms with Crippen molar-refractivity contribution in [1.29, 1.82) is 0 Å². The van der Waals surface area contributed by atoms with Crippen molar-refractivity contribution in [2.24, 2.45) is 0 Å². The first kappa shape index (κ1) is 20.6. The summed E-state index contributed by atoms with van der Waals surface area (Å²) in [6.45, 7) is 0. The fourth-order valence-corrected chi connectivity index (χ4v) is 4.13. The highest BCUT2D eigenvalue weighted by molar-refractivity contribution is 8.00. The Kier molecular flexibility index (Phi) is 5.41. The van der Waals surface area contributed by atoms with Crippen LogP contribution in [-0.4, -0.2) is 31.5 Å². The van der Waals surface area contributed by atoms with Gasteiger partial charge in [-0.15, -0.1) is 0 Å². The van der Waals surface area contributed by atoms with Gasteiger partial charge in [-0.2, -0.15) is 0 Å². The maximum Gasteiger partial charge on any atom is 0.271 e. The van der Waals surface area contributed by atoms with Crippen LogP contribution in [0.2, 0.25) is 0 Å². The molecular formula is C23H15N5O4S. The summed E-state index contributed by atoms with van der Waals surface area (Å²) in [7, 11) is 0. The Labute approximate surface area is 191 Å². The summed E-state index contributed by atoms with van der Waals surface area (Å²) in [5.74, 6) is 0.187. The number of thioether (sulfide) groups is 1. The van der Waals surface area contributed by atoms with E-state index in [1.165, 1.54) is 36.3 Å². The lowest BCUT2D eigenvalue weighted by Crippen LogP contribution is -2.14. The molecule has 33 heavy (non-hydrogen) atoms. The second-order valence-electron chi connectivity index (χ2n) is 7.01. The van der Waals surface area contributed by atoms with E-state index in [2.05, 4.69) is 20.3 Å². The Balaban J connectivity index is 1.36. The van der Waals surface area contributed by atoms with E-state index in [0.717, 1.165) is 15.9 Å². The molecule has 0 aliphatic heterocycles. The van der Waals surface area contributed by atoms with Gasteiger partial charge in [0.25, 0.3) is 5.69 Å². The van der Waals surface area contributed by atoms with Crippen molar-refractivity contribution < 1.29 is 14.1 Å². The fourth-order valence-electron chi connectivity index (χ4n) is 3.34. The van der Waals surface area contributed by atoms with Crippen molar-refractivity contribution in [3.63, 3.8) is 0 Å². The van der Waals surface area contributed by atoms with Crippen LogP contribution in [0.3, 0.4) is 0 Å². The van der Waals surface area contributed by atoms with E-state index in [4.69, 9.17) is 4.42 Å². The van der Waals surface area contributed by atoms with Crippen molar-refractivity contribution >= 4 is 51.0 Å². The largest absolute Gasteiger partial charge is 0.436 e. The molecule has 0 saturated carbocycles. The van der Waals surface area contributed by atoms with Gasteiger partial charge in [-0.3, -0.25) is 14.9 Å². The number of nitrogens with one attached hydrogen (secondary N) is 1. The Morgan fingerprint density at radius 2 is 1.85 bits per heavy atom. The smallest absolute Gasteiger partial charge is 0.271 e. The van der Waals surface area contributed by atoms with Crippen molar-refractivity contribution in [2.45, 2.75) is 5.03 Å². The number of benzene rings is 3. The fraction of sp³-hybridized carbons (Fsp3) is 0.0435. The van der Waals surface area contributed by atoms with E-state index in [1.54, 1.807) is 24.3 Å². The second-order valence-corrected chi connectivity index (χ2v) is 7.97. The monoisotopic (exact) mass is 457 g/mol. The van der Waals surface area contributed by atoms with Crippen LogP contribution in [-0.2, 0) is 4.79 Å². The van der Waals surface area contributed by atoms with Crippen molar-refractivity contribution in [1.82, 2.24) is 15.0 Å². The van der Waals surface area contributed by atoms with Gasteiger partial charge in [0.2, 0.25) is 11.8 Å². The minimum Gasteiger partial charge on any atom is -0.436 e. The van der Waals surface area contributed by atoms with Gasteiger partial charge in [-0.1, -0.05) is 42.1 Å². The van der Waals surface area contributed by atoms with E-state index in [1.807, 2.05) is 24.3 Å². The van der Waals surface area contributed by atoms with Gasteiger partial charge < -0.3 is 9.73 Å². The van der Waals surface area contributed by atoms with E-state index in [9.17, 15) is 14.9 Å². The molecule has 10 heteroatoms. The van der Waals surface area contributed by atoms with Crippen LogP contribution < -0.4 is 5.32 Å². The van der Waals surface area contributed by atoms with Gasteiger partial charge in [0.1, 0.15) is 16.9 Å². The number of carbonyl (C=O) groups excluding carboxylic acids is 1. The normalized spacial score (nSPS) is 11.0. The molecule has 2 aromatic heterocycles. The third kappa shape index (κ3) is 4.23. The maximum absolute atomic E-state index is 12.7. The van der Waals surface area contributed by atoms with Crippen molar-refractivity contribution in [3.05, 3.63) is 83.2 Å². The zero-order chi connectivity index (χ0) is 22.8. The molecule has 1 N–H and O–H groups in total. The standard InChI is InChI=1S/C23H15N5O4S/c29-21(12-33-23-16-6-2-3-7-17(16)24-13-25-23)26-18-8-4-1-5-15(18)22-27-19-11-14(28(30)31)9-10-20(19)32-22/h1-11,13H,12H2,(H,26,29). The molecule has 5 rings (SSSR count). The summed E-state index contributed by atoms with van der Waals surface area (Å²) in [6, 6.07) is 18.9. The van der Waals surface area contributed by atoms with Crippen LogP contribution >= 0.6 is 11.8 Å². The molecule has 2 heterocycles. The van der Waals surface area contributed by atoms with E-state index in [0.29, 0.717) is 22.4 Å². The van der Waals surface area contributed by atoms with Crippen LogP contribution in [0.1, 0.15) is 0 Å². The molecule has 0 spiro atoms. The quantitative estimate of drug-likeness (QED) is 0.162. The Bertz CT molecular complexity index is 1510. The van der Waals surface area contributed by atoms with Crippen molar-refractivity contribution in [2.75, 3.05) is 11.1 Å². The average molecular weight is 457 g/mol. The lowest BCUT2D eigenvalue weighted by atomic mass is 10.2. The molecule has 0 bridgehead atoms. The molecule has 162 valence electrons. The number of nitrogens with zero attached hydrogens (tertiary/aromatic N) is 4. The minimum absolute atomic E-state index is 0.0711. The van der Waals surface area contributed by atoms with Crippen LogP contribution in [0.5, 0.6) is 0 Å². The number of nitro benzene ring substituents is 1. The van der Waals surface area contributed by atoms with Gasteiger partial charge in [0.15, 0.2) is 5.58 Å². The molecule has 0 saturated heterocycles. The van der Waals surface area contributed by atoms with Gasteiger partial charge in [0.05, 0.1) is 27.4 Å². The number of oxazole rings is 1. The number of aromatic nitrogens is 3. The SMILES string of the molecule is O=C(CSc1ncnc2ccccc12)Nc1ccccc1-c1nc2cc([N+](=O)[O-])ccc2o1. The third-order valence-electron chi connectivity index (χ3n) is 4.86. The third-order valence-corrected chi connectivity index (χ3v) is 5.87. The zero-order valence-electron chi connectivity index (χ0n) is 17.0. The number of nitro groups is 1. The Morgan fingerprint density at radius 3 is 2.73 bits per heavy atom. The van der Waals surface area contributed by atoms with E-state index >= 15 is 0 Å². The molecule has 0 aliphatic carbocycles. The summed E-state index contributed by atoms with van der Waals surface area (Å²) in [5, 5.41) is 15.5. The van der Waals surface area contributed by atoms with Crippen molar-refractivity contribution in [3.8, 4) is 11.5 Å². The molecule has 0 fully saturated rings. The van der Waals surface area contributed by atoms with Gasteiger partial charge >= 0.3 is 0 Å². The highest BCUT2D eigenvalue weighted by atomic mass is 32.2. The molecule has 1 amide bonds. The maximum atomic E-state index is 12.7. The van der Waals surface area contributed by atoms with Crippen LogP contribution in [0.15, 0.2) is 82.5 Å². The second kappa shape index (κ2) is 8.67. The molecule has 0 aliphatic rings. The number of hydrogen-bond donors (Lipinski definition) is 1. The van der Waals surface area contributed by atoms with Crippen LogP contribution in [0.25, 0.3) is 33.5 Å². The summed E-state index contributed by atoms with van der Waals surface area (Å²) in [5.41, 5.74) is 2.63. The minimum atomic E-state index is -0.486. The number of fused-ring (bicyclic) bond motifs is 2. The molecule has 9 nitrogen and oxygen atoms in total. The summed E-state index contributed by atoms with van der Waals surface area (Å²) < 4.78 is 5.78. The van der Waals surface area contributed by atoms with Gasteiger partial charge in [-0.05, 0) is 24.3 Å². The summed E-state index contributed by atoms with van der Waals surface area (Å²) >= 11 is 1.32. The number of anilines is 1. The number of para-hydroxylation sites is 2. The van der Waals surface area contributed by atoms with Crippen LogP contribution in [0, 0.1) is 10.1 Å². The summed E-state index contributed by atoms with van der Waals surface area (Å²) in [6.07, 6.45) is 1.48. The molecule has 5 aromatic rings. The predicted octanol–water partition coefficient (Wildman–Crippen LogP) is 5.08. The van der Waals surface area contributed by atoms with E-state index < -0.39 is 4.92 Å². The molecular weight excluding hydrogens is 442 g/mol. The highest BCUT2D eigenvalue weighted by Gasteiger charge is 2.16. The number of rotatable bonds is 6. The Hall–Kier alpha value is -4.31. The topological polar surface area (TPSA) is 124 Å². The zero-order valence-corrected chi connectivity index (χ0v) is 17.8. The lowest BCUT2D eigenvalue weighted by molar-refractivity contribution is -0.384.